The molecule has 5 heteroatoms. The van der Waals surface area contributed by atoms with Crippen molar-refractivity contribution < 1.29 is 19.1 Å². The topological polar surface area (TPSA) is 72.5 Å². The zero-order valence-corrected chi connectivity index (χ0v) is 15.1. The first-order valence-corrected chi connectivity index (χ1v) is 8.96. The van der Waals surface area contributed by atoms with Crippen molar-refractivity contribution in [2.24, 2.45) is 5.92 Å². The SMILES string of the molecule is COC(=O)CCC(=O)c1ccc2c(c1)CC(CCCCNC(C)=O)C2. The number of amides is 1. The molecule has 5 nitrogen and oxygen atoms in total. The second kappa shape index (κ2) is 9.35. The van der Waals surface area contributed by atoms with Crippen molar-refractivity contribution in [2.45, 2.75) is 51.9 Å². The summed E-state index contributed by atoms with van der Waals surface area (Å²) in [5.74, 6) is 0.284. The minimum atomic E-state index is -0.353. The van der Waals surface area contributed by atoms with Crippen LogP contribution in [0.1, 0.15) is 60.5 Å². The van der Waals surface area contributed by atoms with Gasteiger partial charge in [0.05, 0.1) is 13.5 Å². The Hall–Kier alpha value is -2.17. The zero-order valence-electron chi connectivity index (χ0n) is 15.1. The average molecular weight is 345 g/mol. The van der Waals surface area contributed by atoms with Crippen LogP contribution in [0.5, 0.6) is 0 Å². The Labute approximate surface area is 149 Å². The molecule has 1 atom stereocenters. The van der Waals surface area contributed by atoms with E-state index in [1.165, 1.54) is 25.2 Å². The molecule has 0 saturated carbocycles. The molecule has 0 fully saturated rings. The molecule has 136 valence electrons. The zero-order chi connectivity index (χ0) is 18.2. The summed E-state index contributed by atoms with van der Waals surface area (Å²) in [4.78, 5) is 34.2. The summed E-state index contributed by atoms with van der Waals surface area (Å²) in [7, 11) is 1.33. The number of carbonyl (C=O) groups excluding carboxylic acids is 3. The van der Waals surface area contributed by atoms with Crippen LogP contribution in [0.3, 0.4) is 0 Å². The highest BCUT2D eigenvalue weighted by molar-refractivity contribution is 5.97. The van der Waals surface area contributed by atoms with Gasteiger partial charge >= 0.3 is 5.97 Å². The Balaban J connectivity index is 1.80. The number of nitrogens with one attached hydrogen (secondary N) is 1. The van der Waals surface area contributed by atoms with Gasteiger partial charge < -0.3 is 10.1 Å². The van der Waals surface area contributed by atoms with Gasteiger partial charge in [0.2, 0.25) is 5.91 Å². The standard InChI is InChI=1S/C20H27NO4/c1-14(22)21-10-4-3-5-15-11-16-6-7-17(13-18(16)12-15)19(23)8-9-20(24)25-2/h6-7,13,15H,3-5,8-12H2,1-2H3,(H,21,22). The lowest BCUT2D eigenvalue weighted by Crippen LogP contribution is -2.20. The molecular weight excluding hydrogens is 318 g/mol. The van der Waals surface area contributed by atoms with Crippen molar-refractivity contribution in [3.8, 4) is 0 Å². The Kier molecular flexibility index (Phi) is 7.16. The van der Waals surface area contributed by atoms with Gasteiger partial charge in [-0.2, -0.15) is 0 Å². The minimum absolute atomic E-state index is 0.00745. The van der Waals surface area contributed by atoms with Crippen LogP contribution in [0, 0.1) is 5.92 Å². The molecule has 25 heavy (non-hydrogen) atoms. The molecular formula is C20H27NO4. The fraction of sp³-hybridized carbons (Fsp3) is 0.550. The molecule has 1 N–H and O–H groups in total. The maximum atomic E-state index is 12.2. The van der Waals surface area contributed by atoms with Gasteiger partial charge in [0, 0.05) is 25.5 Å². The Bertz CT molecular complexity index is 639. The summed E-state index contributed by atoms with van der Waals surface area (Å²) in [5.41, 5.74) is 3.28. The molecule has 1 aromatic rings. The van der Waals surface area contributed by atoms with E-state index in [4.69, 9.17) is 0 Å². The number of carbonyl (C=O) groups is 3. The monoisotopic (exact) mass is 345 g/mol. The van der Waals surface area contributed by atoms with Crippen LogP contribution in [0.4, 0.5) is 0 Å². The quantitative estimate of drug-likeness (QED) is 0.424. The van der Waals surface area contributed by atoms with Gasteiger partial charge in [0.15, 0.2) is 5.78 Å². The third-order valence-electron chi connectivity index (χ3n) is 4.74. The number of hydrogen-bond acceptors (Lipinski definition) is 4. The Morgan fingerprint density at radius 2 is 1.88 bits per heavy atom. The van der Waals surface area contributed by atoms with E-state index in [1.54, 1.807) is 0 Å². The largest absolute Gasteiger partial charge is 0.469 e. The van der Waals surface area contributed by atoms with Crippen LogP contribution in [-0.2, 0) is 27.2 Å². The molecule has 1 aliphatic carbocycles. The minimum Gasteiger partial charge on any atom is -0.469 e. The third kappa shape index (κ3) is 6.00. The van der Waals surface area contributed by atoms with Crippen molar-refractivity contribution in [3.05, 3.63) is 34.9 Å². The molecule has 0 saturated heterocycles. The number of Topliss-reactive ketones (excluding diaryl/α,β-unsaturated/α-hetero) is 1. The molecule has 1 aliphatic rings. The summed E-state index contributed by atoms with van der Waals surface area (Å²) >= 11 is 0. The Morgan fingerprint density at radius 1 is 1.12 bits per heavy atom. The van der Waals surface area contributed by atoms with Crippen molar-refractivity contribution >= 4 is 17.7 Å². The summed E-state index contributed by atoms with van der Waals surface area (Å²) in [6.07, 6.45) is 5.63. The van der Waals surface area contributed by atoms with Gasteiger partial charge in [-0.1, -0.05) is 18.6 Å². The molecule has 1 aromatic carbocycles. The van der Waals surface area contributed by atoms with Crippen LogP contribution in [-0.4, -0.2) is 31.3 Å². The lowest BCUT2D eigenvalue weighted by atomic mass is 9.99. The maximum Gasteiger partial charge on any atom is 0.305 e. The van der Waals surface area contributed by atoms with Crippen LogP contribution in [0.25, 0.3) is 0 Å². The molecule has 0 spiro atoms. The smallest absolute Gasteiger partial charge is 0.305 e. The van der Waals surface area contributed by atoms with E-state index in [-0.39, 0.29) is 30.5 Å². The predicted molar refractivity (Wildman–Crippen MR) is 95.5 cm³/mol. The summed E-state index contributed by atoms with van der Waals surface area (Å²) in [6.45, 7) is 2.28. The molecule has 0 aromatic heterocycles. The first kappa shape index (κ1) is 19.2. The second-order valence-electron chi connectivity index (χ2n) is 6.74. The van der Waals surface area contributed by atoms with E-state index >= 15 is 0 Å². The number of ketones is 1. The number of benzene rings is 1. The molecule has 1 unspecified atom stereocenters. The van der Waals surface area contributed by atoms with E-state index in [2.05, 4.69) is 16.1 Å². The third-order valence-corrected chi connectivity index (χ3v) is 4.74. The fourth-order valence-corrected chi connectivity index (χ4v) is 3.37. The van der Waals surface area contributed by atoms with Crippen molar-refractivity contribution in [1.82, 2.24) is 5.32 Å². The van der Waals surface area contributed by atoms with Crippen LogP contribution < -0.4 is 5.32 Å². The molecule has 2 rings (SSSR count). The van der Waals surface area contributed by atoms with Gasteiger partial charge in [0.25, 0.3) is 0 Å². The summed E-state index contributed by atoms with van der Waals surface area (Å²) < 4.78 is 4.58. The van der Waals surface area contributed by atoms with E-state index in [0.29, 0.717) is 11.5 Å². The van der Waals surface area contributed by atoms with Gasteiger partial charge in [-0.05, 0) is 48.8 Å². The number of unbranched alkanes of at least 4 members (excludes halogenated alkanes) is 1. The molecule has 0 aliphatic heterocycles. The fourth-order valence-electron chi connectivity index (χ4n) is 3.37. The first-order valence-electron chi connectivity index (χ1n) is 8.96. The normalized spacial score (nSPS) is 15.5. The number of fused-ring (bicyclic) bond motifs is 1. The first-order chi connectivity index (χ1) is 12.0. The van der Waals surface area contributed by atoms with Gasteiger partial charge in [-0.25, -0.2) is 0 Å². The van der Waals surface area contributed by atoms with Crippen molar-refractivity contribution in [1.29, 1.82) is 0 Å². The summed E-state index contributed by atoms with van der Waals surface area (Å²) in [6, 6.07) is 5.92. The number of esters is 1. The van der Waals surface area contributed by atoms with Crippen LogP contribution in [0.15, 0.2) is 18.2 Å². The highest BCUT2D eigenvalue weighted by Gasteiger charge is 2.22. The molecule has 0 radical (unpaired) electrons. The van der Waals surface area contributed by atoms with Gasteiger partial charge in [-0.3, -0.25) is 14.4 Å². The summed E-state index contributed by atoms with van der Waals surface area (Å²) in [5, 5.41) is 2.82. The molecule has 0 heterocycles. The van der Waals surface area contributed by atoms with E-state index in [1.807, 2.05) is 12.1 Å². The molecule has 1 amide bonds. The van der Waals surface area contributed by atoms with Crippen molar-refractivity contribution in [2.75, 3.05) is 13.7 Å². The lowest BCUT2D eigenvalue weighted by molar-refractivity contribution is -0.140. The second-order valence-corrected chi connectivity index (χ2v) is 6.74. The number of ether oxygens (including phenoxy) is 1. The number of methoxy groups -OCH3 is 1. The van der Waals surface area contributed by atoms with Gasteiger partial charge in [0.1, 0.15) is 0 Å². The Morgan fingerprint density at radius 3 is 2.60 bits per heavy atom. The van der Waals surface area contributed by atoms with E-state index in [9.17, 15) is 14.4 Å². The average Bonchev–Trinajstić information content (AvgIpc) is 3.00. The van der Waals surface area contributed by atoms with Crippen LogP contribution in [0.2, 0.25) is 0 Å². The lowest BCUT2D eigenvalue weighted by Gasteiger charge is -2.08. The highest BCUT2D eigenvalue weighted by atomic mass is 16.5. The van der Waals surface area contributed by atoms with Crippen LogP contribution >= 0.6 is 0 Å². The predicted octanol–water partition coefficient (Wildman–Crippen LogP) is 2.84. The number of rotatable bonds is 9. The van der Waals surface area contributed by atoms with Gasteiger partial charge in [-0.15, -0.1) is 0 Å². The maximum absolute atomic E-state index is 12.2. The number of hydrogen-bond donors (Lipinski definition) is 1. The molecule has 0 bridgehead atoms. The van der Waals surface area contributed by atoms with E-state index in [0.717, 1.165) is 38.6 Å². The van der Waals surface area contributed by atoms with E-state index < -0.39 is 0 Å². The van der Waals surface area contributed by atoms with Crippen molar-refractivity contribution in [3.63, 3.8) is 0 Å². The highest BCUT2D eigenvalue weighted by Crippen LogP contribution is 2.31.